The van der Waals surface area contributed by atoms with E-state index in [-0.39, 0.29) is 0 Å². The molecule has 0 aliphatic heterocycles. The quantitative estimate of drug-likeness (QED) is 0.212. The van der Waals surface area contributed by atoms with Gasteiger partial charge in [-0.25, -0.2) is 9.98 Å². The fraction of sp³-hybridized carbons (Fsp3) is 0.214. The minimum absolute atomic E-state index is 0.380. The van der Waals surface area contributed by atoms with E-state index in [1.165, 1.54) is 21.9 Å². The molecule has 0 radical (unpaired) electrons. The fourth-order valence-corrected chi connectivity index (χ4v) is 4.24. The number of aliphatic imine (C=N–C) groups is 1. The molecule has 0 aliphatic carbocycles. The van der Waals surface area contributed by atoms with Gasteiger partial charge in [0.1, 0.15) is 4.60 Å². The molecule has 0 bridgehead atoms. The molecule has 0 atom stereocenters. The van der Waals surface area contributed by atoms with Crippen LogP contribution in [0.25, 0.3) is 10.8 Å². The Bertz CT molecular complexity index is 1230. The summed E-state index contributed by atoms with van der Waals surface area (Å²) in [5.74, 6) is 0.761. The molecule has 0 fully saturated rings. The zero-order chi connectivity index (χ0) is 22.0. The van der Waals surface area contributed by atoms with E-state index in [4.69, 9.17) is 9.98 Å². The highest BCUT2D eigenvalue weighted by atomic mass is 79.9. The number of fused-ring (bicyclic) bond motifs is 1. The highest BCUT2D eigenvalue weighted by Gasteiger charge is 2.17. The topological polar surface area (TPSA) is 25.2 Å². The van der Waals surface area contributed by atoms with Gasteiger partial charge in [-0.1, -0.05) is 88.4 Å². The van der Waals surface area contributed by atoms with Gasteiger partial charge in [0, 0.05) is 5.56 Å². The first-order valence-corrected chi connectivity index (χ1v) is 11.6. The SMILES string of the molecule is CC(C)c1cccc(C(C)C)c1N=C(c1ccc2ccccc2c1)c1cccc(Br)n1. The molecule has 2 nitrogen and oxygen atoms in total. The Morgan fingerprint density at radius 3 is 2.03 bits per heavy atom. The monoisotopic (exact) mass is 470 g/mol. The number of halogens is 1. The number of para-hydroxylation sites is 1. The van der Waals surface area contributed by atoms with Crippen molar-refractivity contribution in [1.29, 1.82) is 0 Å². The van der Waals surface area contributed by atoms with Gasteiger partial charge in [-0.2, -0.15) is 0 Å². The van der Waals surface area contributed by atoms with Crippen LogP contribution in [0.15, 0.2) is 88.5 Å². The third kappa shape index (κ3) is 4.62. The van der Waals surface area contributed by atoms with Gasteiger partial charge in [-0.05, 0) is 67.9 Å². The Morgan fingerprint density at radius 2 is 1.39 bits per heavy atom. The molecule has 0 unspecified atom stereocenters. The maximum absolute atomic E-state index is 5.32. The number of aromatic nitrogens is 1. The van der Waals surface area contributed by atoms with Gasteiger partial charge in [0.25, 0.3) is 0 Å². The molecule has 0 aliphatic rings. The van der Waals surface area contributed by atoms with E-state index in [9.17, 15) is 0 Å². The van der Waals surface area contributed by atoms with Crippen molar-refractivity contribution in [2.24, 2.45) is 4.99 Å². The van der Waals surface area contributed by atoms with E-state index in [1.807, 2.05) is 18.2 Å². The lowest BCUT2D eigenvalue weighted by atomic mass is 9.92. The molecular weight excluding hydrogens is 444 g/mol. The summed E-state index contributed by atoms with van der Waals surface area (Å²) >= 11 is 3.54. The van der Waals surface area contributed by atoms with Crippen LogP contribution in [0.4, 0.5) is 5.69 Å². The Balaban J connectivity index is 2.01. The summed E-state index contributed by atoms with van der Waals surface area (Å²) in [6.07, 6.45) is 0. The van der Waals surface area contributed by atoms with Gasteiger partial charge >= 0.3 is 0 Å². The van der Waals surface area contributed by atoms with Crippen LogP contribution < -0.4 is 0 Å². The standard InChI is InChI=1S/C28H27BrN2/c1-18(2)23-11-7-12-24(19(3)4)28(23)31-27(25-13-8-14-26(29)30-25)22-16-15-20-9-5-6-10-21(20)17-22/h5-19H,1-4H3. The van der Waals surface area contributed by atoms with E-state index in [0.29, 0.717) is 11.8 Å². The van der Waals surface area contributed by atoms with Crippen LogP contribution in [-0.2, 0) is 0 Å². The summed E-state index contributed by atoms with van der Waals surface area (Å²) < 4.78 is 0.805. The second kappa shape index (κ2) is 9.15. The molecule has 0 saturated heterocycles. The predicted molar refractivity (Wildman–Crippen MR) is 136 cm³/mol. The molecule has 4 rings (SSSR count). The molecule has 1 heterocycles. The molecule has 0 N–H and O–H groups in total. The van der Waals surface area contributed by atoms with Crippen LogP contribution in [-0.4, -0.2) is 10.7 Å². The maximum Gasteiger partial charge on any atom is 0.106 e. The lowest BCUT2D eigenvalue weighted by molar-refractivity contribution is 0.834. The lowest BCUT2D eigenvalue weighted by Gasteiger charge is -2.18. The van der Waals surface area contributed by atoms with Crippen LogP contribution in [0.5, 0.6) is 0 Å². The minimum atomic E-state index is 0.380. The number of hydrogen-bond acceptors (Lipinski definition) is 2. The largest absolute Gasteiger partial charge is 0.246 e. The van der Waals surface area contributed by atoms with Crippen molar-refractivity contribution in [2.75, 3.05) is 0 Å². The Labute approximate surface area is 193 Å². The highest BCUT2D eigenvalue weighted by Crippen LogP contribution is 2.36. The third-order valence-corrected chi connectivity index (χ3v) is 5.99. The average molecular weight is 471 g/mol. The first-order chi connectivity index (χ1) is 14.9. The summed E-state index contributed by atoms with van der Waals surface area (Å²) in [6.45, 7) is 8.91. The van der Waals surface area contributed by atoms with Gasteiger partial charge in [-0.3, -0.25) is 0 Å². The summed E-state index contributed by atoms with van der Waals surface area (Å²) in [7, 11) is 0. The van der Waals surface area contributed by atoms with Crippen LogP contribution >= 0.6 is 15.9 Å². The Morgan fingerprint density at radius 1 is 0.742 bits per heavy atom. The minimum Gasteiger partial charge on any atom is -0.246 e. The van der Waals surface area contributed by atoms with Gasteiger partial charge < -0.3 is 0 Å². The highest BCUT2D eigenvalue weighted by molar-refractivity contribution is 9.10. The average Bonchev–Trinajstić information content (AvgIpc) is 2.76. The molecular formula is C28H27BrN2. The molecule has 4 aromatic rings. The van der Waals surface area contributed by atoms with Crippen LogP contribution in [0.1, 0.15) is 61.9 Å². The fourth-order valence-electron chi connectivity index (χ4n) is 3.90. The van der Waals surface area contributed by atoms with E-state index in [2.05, 4.69) is 104 Å². The second-order valence-electron chi connectivity index (χ2n) is 8.46. The normalized spacial score (nSPS) is 12.2. The molecule has 0 saturated carbocycles. The van der Waals surface area contributed by atoms with E-state index < -0.39 is 0 Å². The molecule has 3 aromatic carbocycles. The zero-order valence-electron chi connectivity index (χ0n) is 18.4. The first-order valence-electron chi connectivity index (χ1n) is 10.8. The molecule has 0 amide bonds. The van der Waals surface area contributed by atoms with Crippen LogP contribution in [0.3, 0.4) is 0 Å². The molecule has 0 spiro atoms. The smallest absolute Gasteiger partial charge is 0.106 e. The van der Waals surface area contributed by atoms with E-state index in [1.54, 1.807) is 0 Å². The molecule has 31 heavy (non-hydrogen) atoms. The summed E-state index contributed by atoms with van der Waals surface area (Å²) in [4.78, 5) is 10.1. The molecule has 3 heteroatoms. The molecule has 156 valence electrons. The third-order valence-electron chi connectivity index (χ3n) is 5.55. The predicted octanol–water partition coefficient (Wildman–Crippen LogP) is 8.41. The van der Waals surface area contributed by atoms with E-state index in [0.717, 1.165) is 27.3 Å². The number of rotatable bonds is 5. The zero-order valence-corrected chi connectivity index (χ0v) is 20.0. The lowest BCUT2D eigenvalue weighted by Crippen LogP contribution is -2.07. The second-order valence-corrected chi connectivity index (χ2v) is 9.27. The number of nitrogens with zero attached hydrogens (tertiary/aromatic N) is 2. The van der Waals surface area contributed by atoms with Crippen molar-refractivity contribution >= 4 is 38.1 Å². The van der Waals surface area contributed by atoms with Crippen molar-refractivity contribution in [3.05, 3.63) is 106 Å². The number of hydrogen-bond donors (Lipinski definition) is 0. The number of pyridine rings is 1. The Kier molecular flexibility index (Phi) is 6.33. The van der Waals surface area contributed by atoms with Gasteiger partial charge in [0.2, 0.25) is 0 Å². The summed E-state index contributed by atoms with van der Waals surface area (Å²) in [6, 6.07) is 27.5. The summed E-state index contributed by atoms with van der Waals surface area (Å²) in [5, 5.41) is 2.42. The van der Waals surface area contributed by atoms with Crippen molar-refractivity contribution in [3.8, 4) is 0 Å². The van der Waals surface area contributed by atoms with Crippen molar-refractivity contribution in [2.45, 2.75) is 39.5 Å². The van der Waals surface area contributed by atoms with Crippen LogP contribution in [0, 0.1) is 0 Å². The first kappa shape index (κ1) is 21.5. The Hall–Kier alpha value is -2.78. The van der Waals surface area contributed by atoms with Gasteiger partial charge in [0.05, 0.1) is 17.1 Å². The van der Waals surface area contributed by atoms with Gasteiger partial charge in [0.15, 0.2) is 0 Å². The van der Waals surface area contributed by atoms with E-state index >= 15 is 0 Å². The van der Waals surface area contributed by atoms with Crippen molar-refractivity contribution in [1.82, 2.24) is 4.98 Å². The maximum atomic E-state index is 5.32. The number of benzene rings is 3. The summed E-state index contributed by atoms with van der Waals surface area (Å²) in [5.41, 5.74) is 6.41. The van der Waals surface area contributed by atoms with Crippen molar-refractivity contribution in [3.63, 3.8) is 0 Å². The van der Waals surface area contributed by atoms with Crippen LogP contribution in [0.2, 0.25) is 0 Å². The van der Waals surface area contributed by atoms with Crippen molar-refractivity contribution < 1.29 is 0 Å². The molecule has 1 aromatic heterocycles. The van der Waals surface area contributed by atoms with Gasteiger partial charge in [-0.15, -0.1) is 0 Å².